The quantitative estimate of drug-likeness (QED) is 0.772. The highest BCUT2D eigenvalue weighted by molar-refractivity contribution is 5.94. The molecule has 4 rings (SSSR count). The maximum Gasteiger partial charge on any atom is 0.261 e. The van der Waals surface area contributed by atoms with Gasteiger partial charge in [0.1, 0.15) is 5.56 Å². The Labute approximate surface area is 145 Å². The highest BCUT2D eigenvalue weighted by atomic mass is 16.2. The average molecular weight is 330 g/mol. The molecular formula is C21H18N2O2. The van der Waals surface area contributed by atoms with E-state index < -0.39 is 0 Å². The Balaban J connectivity index is 1.45. The molecule has 2 N–H and O–H groups in total. The highest BCUT2D eigenvalue weighted by Gasteiger charge is 2.25. The van der Waals surface area contributed by atoms with Crippen molar-refractivity contribution in [3.05, 3.63) is 93.8 Å². The first-order chi connectivity index (χ1) is 12.2. The smallest absolute Gasteiger partial charge is 0.261 e. The maximum atomic E-state index is 12.3. The van der Waals surface area contributed by atoms with Gasteiger partial charge < -0.3 is 10.3 Å². The van der Waals surface area contributed by atoms with Gasteiger partial charge in [0.05, 0.1) is 0 Å². The van der Waals surface area contributed by atoms with Crippen LogP contribution in [-0.4, -0.2) is 17.4 Å². The minimum atomic E-state index is -0.368. The van der Waals surface area contributed by atoms with Crippen LogP contribution in [0.15, 0.2) is 71.5 Å². The van der Waals surface area contributed by atoms with Gasteiger partial charge in [-0.2, -0.15) is 0 Å². The molecule has 2 aromatic carbocycles. The highest BCUT2D eigenvalue weighted by Crippen LogP contribution is 2.33. The Kier molecular flexibility index (Phi) is 3.94. The maximum absolute atomic E-state index is 12.3. The lowest BCUT2D eigenvalue weighted by molar-refractivity contribution is 0.0948. The second-order valence-corrected chi connectivity index (χ2v) is 6.29. The average Bonchev–Trinajstić information content (AvgIpc) is 2.63. The lowest BCUT2D eigenvalue weighted by Crippen LogP contribution is -2.35. The molecule has 0 saturated heterocycles. The third-order valence-electron chi connectivity index (χ3n) is 4.71. The lowest BCUT2D eigenvalue weighted by atomic mass is 9.77. The standard InChI is InChI=1S/C21H18N2O2/c24-20(22-13-16-12-15-8-4-5-9-17(15)16)18-10-11-19(23-21(18)25)14-6-2-1-3-7-14/h1-11,16H,12-13H2,(H,22,24)(H,23,25). The van der Waals surface area contributed by atoms with E-state index in [1.54, 1.807) is 12.1 Å². The molecule has 1 heterocycles. The molecule has 1 aliphatic carbocycles. The van der Waals surface area contributed by atoms with Gasteiger partial charge in [0.15, 0.2) is 0 Å². The molecule has 0 saturated carbocycles. The minimum absolute atomic E-state index is 0.146. The van der Waals surface area contributed by atoms with E-state index in [-0.39, 0.29) is 17.0 Å². The molecule has 4 heteroatoms. The van der Waals surface area contributed by atoms with E-state index in [4.69, 9.17) is 0 Å². The molecule has 4 nitrogen and oxygen atoms in total. The van der Waals surface area contributed by atoms with Crippen LogP contribution >= 0.6 is 0 Å². The van der Waals surface area contributed by atoms with Crippen LogP contribution in [0.3, 0.4) is 0 Å². The van der Waals surface area contributed by atoms with Crippen molar-refractivity contribution in [1.29, 1.82) is 0 Å². The fourth-order valence-corrected chi connectivity index (χ4v) is 3.29. The number of hydrogen-bond acceptors (Lipinski definition) is 2. The SMILES string of the molecule is O=C(NCC1Cc2ccccc21)c1ccc(-c2ccccc2)[nH]c1=O. The van der Waals surface area contributed by atoms with Crippen molar-refractivity contribution in [2.75, 3.05) is 6.54 Å². The first kappa shape index (κ1) is 15.4. The van der Waals surface area contributed by atoms with E-state index in [0.717, 1.165) is 12.0 Å². The molecule has 1 aromatic heterocycles. The molecule has 0 fully saturated rings. The zero-order valence-electron chi connectivity index (χ0n) is 13.7. The number of H-pyrrole nitrogens is 1. The van der Waals surface area contributed by atoms with E-state index >= 15 is 0 Å². The van der Waals surface area contributed by atoms with Crippen LogP contribution in [0.1, 0.15) is 27.4 Å². The van der Waals surface area contributed by atoms with Gasteiger partial charge in [0.25, 0.3) is 11.5 Å². The van der Waals surface area contributed by atoms with Gasteiger partial charge in [0.2, 0.25) is 0 Å². The van der Waals surface area contributed by atoms with Crippen LogP contribution in [0.5, 0.6) is 0 Å². The van der Waals surface area contributed by atoms with Crippen LogP contribution in [0, 0.1) is 0 Å². The van der Waals surface area contributed by atoms with E-state index in [9.17, 15) is 9.59 Å². The molecule has 0 aliphatic heterocycles. The summed E-state index contributed by atoms with van der Waals surface area (Å²) in [6.45, 7) is 0.551. The summed E-state index contributed by atoms with van der Waals surface area (Å²) >= 11 is 0. The number of nitrogens with one attached hydrogen (secondary N) is 2. The number of fused-ring (bicyclic) bond motifs is 1. The molecule has 1 amide bonds. The van der Waals surface area contributed by atoms with Crippen molar-refractivity contribution in [2.24, 2.45) is 0 Å². The number of aromatic nitrogens is 1. The van der Waals surface area contributed by atoms with Gasteiger partial charge in [-0.15, -0.1) is 0 Å². The molecule has 0 bridgehead atoms. The van der Waals surface area contributed by atoms with Gasteiger partial charge in [-0.3, -0.25) is 9.59 Å². The molecule has 1 atom stereocenters. The molecule has 0 radical (unpaired) electrons. The van der Waals surface area contributed by atoms with Gasteiger partial charge in [-0.1, -0.05) is 54.6 Å². The number of pyridine rings is 1. The number of hydrogen-bond donors (Lipinski definition) is 2. The third kappa shape index (κ3) is 2.98. The summed E-state index contributed by atoms with van der Waals surface area (Å²) in [5, 5.41) is 2.88. The summed E-state index contributed by atoms with van der Waals surface area (Å²) in [4.78, 5) is 27.4. The summed E-state index contributed by atoms with van der Waals surface area (Å²) in [5.74, 6) is 0.00747. The normalized spacial score (nSPS) is 15.1. The second kappa shape index (κ2) is 6.40. The predicted octanol–water partition coefficient (Wildman–Crippen LogP) is 3.11. The van der Waals surface area contributed by atoms with Crippen LogP contribution in [0.2, 0.25) is 0 Å². The Bertz CT molecular complexity index is 976. The lowest BCUT2D eigenvalue weighted by Gasteiger charge is -2.30. The number of rotatable bonds is 4. The molecular weight excluding hydrogens is 312 g/mol. The van der Waals surface area contributed by atoms with Crippen LogP contribution in [0.25, 0.3) is 11.3 Å². The summed E-state index contributed by atoms with van der Waals surface area (Å²) < 4.78 is 0. The van der Waals surface area contributed by atoms with Crippen molar-refractivity contribution in [1.82, 2.24) is 10.3 Å². The Morgan fingerprint density at radius 3 is 2.52 bits per heavy atom. The number of benzene rings is 2. The molecule has 25 heavy (non-hydrogen) atoms. The van der Waals surface area contributed by atoms with Crippen molar-refractivity contribution >= 4 is 5.91 Å². The van der Waals surface area contributed by atoms with E-state index in [2.05, 4.69) is 22.4 Å². The zero-order valence-corrected chi connectivity index (χ0v) is 13.7. The fraction of sp³-hybridized carbons (Fsp3) is 0.143. The first-order valence-electron chi connectivity index (χ1n) is 8.37. The van der Waals surface area contributed by atoms with Gasteiger partial charge in [-0.05, 0) is 35.2 Å². The van der Waals surface area contributed by atoms with Crippen molar-refractivity contribution in [3.8, 4) is 11.3 Å². The number of carbonyl (C=O) groups is 1. The number of carbonyl (C=O) groups excluding carboxylic acids is 1. The van der Waals surface area contributed by atoms with Crippen LogP contribution < -0.4 is 10.9 Å². The van der Waals surface area contributed by atoms with Gasteiger partial charge in [-0.25, -0.2) is 0 Å². The van der Waals surface area contributed by atoms with Crippen molar-refractivity contribution < 1.29 is 4.79 Å². The van der Waals surface area contributed by atoms with Gasteiger partial charge >= 0.3 is 0 Å². The number of aromatic amines is 1. The minimum Gasteiger partial charge on any atom is -0.351 e. The Morgan fingerprint density at radius 1 is 1.00 bits per heavy atom. The van der Waals surface area contributed by atoms with E-state index in [1.165, 1.54) is 11.1 Å². The van der Waals surface area contributed by atoms with Gasteiger partial charge in [0, 0.05) is 18.2 Å². The Hall–Kier alpha value is -3.14. The monoisotopic (exact) mass is 330 g/mol. The Morgan fingerprint density at radius 2 is 1.76 bits per heavy atom. The second-order valence-electron chi connectivity index (χ2n) is 6.29. The first-order valence-corrected chi connectivity index (χ1v) is 8.37. The third-order valence-corrected chi connectivity index (χ3v) is 4.71. The molecule has 1 unspecified atom stereocenters. The van der Waals surface area contributed by atoms with Crippen LogP contribution in [-0.2, 0) is 6.42 Å². The molecule has 0 spiro atoms. The van der Waals surface area contributed by atoms with E-state index in [0.29, 0.717) is 18.2 Å². The summed E-state index contributed by atoms with van der Waals surface area (Å²) in [6, 6.07) is 21.2. The van der Waals surface area contributed by atoms with Crippen molar-refractivity contribution in [3.63, 3.8) is 0 Å². The largest absolute Gasteiger partial charge is 0.351 e. The predicted molar refractivity (Wildman–Crippen MR) is 97.7 cm³/mol. The summed E-state index contributed by atoms with van der Waals surface area (Å²) in [6.07, 6.45) is 0.972. The fourth-order valence-electron chi connectivity index (χ4n) is 3.29. The van der Waals surface area contributed by atoms with Crippen LogP contribution in [0.4, 0.5) is 0 Å². The molecule has 1 aliphatic rings. The zero-order chi connectivity index (χ0) is 17.2. The van der Waals surface area contributed by atoms with Crippen molar-refractivity contribution in [2.45, 2.75) is 12.3 Å². The topological polar surface area (TPSA) is 62.0 Å². The number of amides is 1. The van der Waals surface area contributed by atoms with E-state index in [1.807, 2.05) is 42.5 Å². The summed E-state index contributed by atoms with van der Waals surface area (Å²) in [7, 11) is 0. The molecule has 3 aromatic rings. The molecule has 124 valence electrons. The summed E-state index contributed by atoms with van der Waals surface area (Å²) in [5.41, 5.74) is 4.02.